The van der Waals surface area contributed by atoms with Crippen molar-refractivity contribution in [3.63, 3.8) is 0 Å². The van der Waals surface area contributed by atoms with Crippen LogP contribution in [-0.4, -0.2) is 25.5 Å². The van der Waals surface area contributed by atoms with Crippen LogP contribution in [0.4, 0.5) is 5.69 Å². The van der Waals surface area contributed by atoms with Crippen LogP contribution in [0.15, 0.2) is 46.8 Å². The van der Waals surface area contributed by atoms with Gasteiger partial charge in [-0.25, -0.2) is 0 Å². The van der Waals surface area contributed by atoms with Crippen LogP contribution in [0.3, 0.4) is 0 Å². The van der Waals surface area contributed by atoms with Crippen LogP contribution < -0.4 is 16.0 Å². The molecule has 0 spiro atoms. The molecule has 5 nitrogen and oxygen atoms in total. The number of hydrogen-bond acceptors (Lipinski definition) is 3. The second-order valence-electron chi connectivity index (χ2n) is 6.08. The number of hydrogen-bond donors (Lipinski definition) is 3. The second-order valence-corrected chi connectivity index (χ2v) is 7.11. The molecule has 0 bridgehead atoms. The maximum absolute atomic E-state index is 11.1. The van der Waals surface area contributed by atoms with Gasteiger partial charge in [-0.15, -0.1) is 35.3 Å². The number of halogens is 1. The Kier molecular flexibility index (Phi) is 10.3. The van der Waals surface area contributed by atoms with E-state index in [-0.39, 0.29) is 29.9 Å². The van der Waals surface area contributed by atoms with Gasteiger partial charge in [-0.3, -0.25) is 9.79 Å². The monoisotopic (exact) mass is 486 g/mol. The molecule has 1 aromatic carbocycles. The molecule has 7 heteroatoms. The van der Waals surface area contributed by atoms with Crippen molar-refractivity contribution in [3.8, 4) is 0 Å². The summed E-state index contributed by atoms with van der Waals surface area (Å²) in [5, 5.41) is 11.6. The highest BCUT2D eigenvalue weighted by Crippen LogP contribution is 2.14. The van der Waals surface area contributed by atoms with Crippen molar-refractivity contribution in [2.45, 2.75) is 26.8 Å². The van der Waals surface area contributed by atoms with E-state index >= 15 is 0 Å². The van der Waals surface area contributed by atoms with Gasteiger partial charge in [-0.05, 0) is 41.5 Å². The highest BCUT2D eigenvalue weighted by atomic mass is 127. The molecule has 2 rings (SSSR count). The Morgan fingerprint density at radius 2 is 2.04 bits per heavy atom. The van der Waals surface area contributed by atoms with Gasteiger partial charge in [0.15, 0.2) is 5.96 Å². The first-order chi connectivity index (χ1) is 12.1. The van der Waals surface area contributed by atoms with E-state index in [9.17, 15) is 4.79 Å². The zero-order valence-electron chi connectivity index (χ0n) is 15.4. The van der Waals surface area contributed by atoms with Crippen molar-refractivity contribution in [1.29, 1.82) is 0 Å². The van der Waals surface area contributed by atoms with E-state index in [2.05, 4.69) is 45.4 Å². The third-order valence-electron chi connectivity index (χ3n) is 3.68. The largest absolute Gasteiger partial charge is 0.356 e. The number of thiophene rings is 1. The fourth-order valence-electron chi connectivity index (χ4n) is 2.48. The molecule has 1 unspecified atom stereocenters. The van der Waals surface area contributed by atoms with Crippen LogP contribution in [-0.2, 0) is 17.8 Å². The number of rotatable bonds is 7. The first kappa shape index (κ1) is 22.4. The molecule has 1 heterocycles. The van der Waals surface area contributed by atoms with Gasteiger partial charge in [-0.2, -0.15) is 0 Å². The molecule has 0 saturated carbocycles. The first-order valence-corrected chi connectivity index (χ1v) is 9.28. The third-order valence-corrected chi connectivity index (χ3v) is 4.58. The van der Waals surface area contributed by atoms with Crippen molar-refractivity contribution >= 4 is 52.9 Å². The topological polar surface area (TPSA) is 65.5 Å². The molecular weight excluding hydrogens is 459 g/mol. The second kappa shape index (κ2) is 11.9. The van der Waals surface area contributed by atoms with Crippen LogP contribution >= 0.6 is 35.3 Å². The molecule has 2 aromatic rings. The first-order valence-electron chi connectivity index (χ1n) is 8.40. The van der Waals surface area contributed by atoms with E-state index in [4.69, 9.17) is 0 Å². The van der Waals surface area contributed by atoms with Crippen LogP contribution in [0.25, 0.3) is 0 Å². The van der Waals surface area contributed by atoms with E-state index in [0.717, 1.165) is 30.2 Å². The van der Waals surface area contributed by atoms with E-state index in [1.165, 1.54) is 11.8 Å². The van der Waals surface area contributed by atoms with Crippen molar-refractivity contribution in [2.24, 2.45) is 10.9 Å². The average Bonchev–Trinajstić information content (AvgIpc) is 3.07. The van der Waals surface area contributed by atoms with E-state index in [1.807, 2.05) is 24.3 Å². The molecule has 0 aliphatic carbocycles. The molecule has 3 N–H and O–H groups in total. The number of nitrogens with zero attached hydrogens (tertiary/aromatic N) is 1. The summed E-state index contributed by atoms with van der Waals surface area (Å²) in [6.45, 7) is 5.25. The molecule has 0 fully saturated rings. The minimum atomic E-state index is -0.0673. The number of aliphatic imine (C=N–C) groups is 1. The Hall–Kier alpha value is -1.61. The van der Waals surface area contributed by atoms with Crippen molar-refractivity contribution in [2.75, 3.05) is 18.9 Å². The van der Waals surface area contributed by atoms with E-state index in [0.29, 0.717) is 12.5 Å². The number of benzene rings is 1. The lowest BCUT2D eigenvalue weighted by atomic mass is 10.1. The summed E-state index contributed by atoms with van der Waals surface area (Å²) in [6, 6.07) is 12.1. The summed E-state index contributed by atoms with van der Waals surface area (Å²) >= 11 is 1.80. The van der Waals surface area contributed by atoms with Crippen LogP contribution in [0.1, 0.15) is 24.3 Å². The Morgan fingerprint density at radius 3 is 2.69 bits per heavy atom. The number of guanidine groups is 1. The smallest absolute Gasteiger partial charge is 0.221 e. The SMILES string of the molecule is CN=C(NCc1cccc(NC(C)=O)c1)NCC(C)Cc1cccs1.I. The van der Waals surface area contributed by atoms with Crippen LogP contribution in [0.2, 0.25) is 0 Å². The summed E-state index contributed by atoms with van der Waals surface area (Å²) < 4.78 is 0. The molecule has 0 radical (unpaired) electrons. The highest BCUT2D eigenvalue weighted by Gasteiger charge is 2.06. The summed E-state index contributed by atoms with van der Waals surface area (Å²) in [5.74, 6) is 1.24. The molecule has 1 aromatic heterocycles. The minimum Gasteiger partial charge on any atom is -0.356 e. The van der Waals surface area contributed by atoms with Gasteiger partial charge < -0.3 is 16.0 Å². The molecule has 142 valence electrons. The quantitative estimate of drug-likeness (QED) is 0.316. The standard InChI is InChI=1S/C19H26N4OS.HI/c1-14(10-18-8-5-9-25-18)12-21-19(20-3)22-13-16-6-4-7-17(11-16)23-15(2)24;/h4-9,11,14H,10,12-13H2,1-3H3,(H,23,24)(H2,20,21,22);1H. The maximum atomic E-state index is 11.1. The lowest BCUT2D eigenvalue weighted by molar-refractivity contribution is -0.114. The van der Waals surface area contributed by atoms with E-state index < -0.39 is 0 Å². The van der Waals surface area contributed by atoms with Crippen molar-refractivity contribution < 1.29 is 4.79 Å². The Morgan fingerprint density at radius 1 is 1.23 bits per heavy atom. The van der Waals surface area contributed by atoms with Gasteiger partial charge >= 0.3 is 0 Å². The molecular formula is C19H27IN4OS. The number of amides is 1. The molecule has 0 aliphatic heterocycles. The van der Waals surface area contributed by atoms with Gasteiger partial charge in [0.05, 0.1) is 0 Å². The zero-order chi connectivity index (χ0) is 18.1. The summed E-state index contributed by atoms with van der Waals surface area (Å²) in [5.41, 5.74) is 1.89. The average molecular weight is 486 g/mol. The number of nitrogens with one attached hydrogen (secondary N) is 3. The number of carbonyl (C=O) groups excluding carboxylic acids is 1. The fourth-order valence-corrected chi connectivity index (χ4v) is 3.35. The highest BCUT2D eigenvalue weighted by molar-refractivity contribution is 14.0. The van der Waals surface area contributed by atoms with Gasteiger partial charge in [-0.1, -0.05) is 25.1 Å². The molecule has 1 atom stereocenters. The minimum absolute atomic E-state index is 0. The fraction of sp³-hybridized carbons (Fsp3) is 0.368. The number of carbonyl (C=O) groups is 1. The Bertz CT molecular complexity index is 703. The summed E-state index contributed by atoms with van der Waals surface area (Å²) in [6.07, 6.45) is 1.07. The lowest BCUT2D eigenvalue weighted by Crippen LogP contribution is -2.39. The van der Waals surface area contributed by atoms with Gasteiger partial charge in [0.25, 0.3) is 0 Å². The Balaban J connectivity index is 0.00000338. The van der Waals surface area contributed by atoms with Gasteiger partial charge in [0.2, 0.25) is 5.91 Å². The van der Waals surface area contributed by atoms with Crippen molar-refractivity contribution in [1.82, 2.24) is 10.6 Å². The summed E-state index contributed by atoms with van der Waals surface area (Å²) in [7, 11) is 1.77. The molecule has 1 amide bonds. The zero-order valence-corrected chi connectivity index (χ0v) is 18.6. The summed E-state index contributed by atoms with van der Waals surface area (Å²) in [4.78, 5) is 16.8. The molecule has 26 heavy (non-hydrogen) atoms. The van der Waals surface area contributed by atoms with Gasteiger partial charge in [0.1, 0.15) is 0 Å². The predicted octanol–water partition coefficient (Wildman–Crippen LogP) is 3.87. The predicted molar refractivity (Wildman–Crippen MR) is 122 cm³/mol. The van der Waals surface area contributed by atoms with Crippen molar-refractivity contribution in [3.05, 3.63) is 52.2 Å². The normalized spacial score (nSPS) is 12.0. The van der Waals surface area contributed by atoms with Crippen LogP contribution in [0.5, 0.6) is 0 Å². The third kappa shape index (κ3) is 8.18. The van der Waals surface area contributed by atoms with Gasteiger partial charge in [0, 0.05) is 37.6 Å². The molecule has 0 aliphatic rings. The lowest BCUT2D eigenvalue weighted by Gasteiger charge is -2.16. The van der Waals surface area contributed by atoms with Crippen LogP contribution in [0, 0.1) is 5.92 Å². The maximum Gasteiger partial charge on any atom is 0.221 e. The molecule has 0 saturated heterocycles. The van der Waals surface area contributed by atoms with E-state index in [1.54, 1.807) is 18.4 Å². The Labute approximate surface area is 176 Å². The number of anilines is 1.